The van der Waals surface area contributed by atoms with Crippen LogP contribution in [0.4, 0.5) is 15.9 Å². The van der Waals surface area contributed by atoms with Crippen LogP contribution in [0.25, 0.3) is 0 Å². The minimum Gasteiger partial charge on any atom is -0.476 e. The predicted molar refractivity (Wildman–Crippen MR) is 103 cm³/mol. The summed E-state index contributed by atoms with van der Waals surface area (Å²) in [5.74, 6) is -0.516. The maximum Gasteiger partial charge on any atom is 0.259 e. The van der Waals surface area contributed by atoms with Crippen LogP contribution in [-0.2, 0) is 0 Å². The fraction of sp³-hybridized carbons (Fsp3) is 0.263. The Kier molecular flexibility index (Phi) is 5.18. The van der Waals surface area contributed by atoms with Crippen LogP contribution < -0.4 is 15.8 Å². The van der Waals surface area contributed by atoms with Crippen molar-refractivity contribution in [3.63, 3.8) is 0 Å². The van der Waals surface area contributed by atoms with Crippen molar-refractivity contribution in [3.05, 3.63) is 58.9 Å². The zero-order chi connectivity index (χ0) is 18.7. The molecule has 1 unspecified atom stereocenters. The van der Waals surface area contributed by atoms with Gasteiger partial charge in [-0.1, -0.05) is 24.8 Å². The van der Waals surface area contributed by atoms with E-state index >= 15 is 0 Å². The largest absolute Gasteiger partial charge is 0.476 e. The Labute approximate surface area is 155 Å². The summed E-state index contributed by atoms with van der Waals surface area (Å²) in [6.45, 7) is 3.63. The molecule has 0 bridgehead atoms. The second kappa shape index (κ2) is 7.37. The van der Waals surface area contributed by atoms with Gasteiger partial charge in [0.2, 0.25) is 5.95 Å². The average molecular weight is 373 g/mol. The Bertz CT molecular complexity index is 845. The summed E-state index contributed by atoms with van der Waals surface area (Å²) in [4.78, 5) is 15.7. The highest BCUT2D eigenvalue weighted by molar-refractivity contribution is 8.03. The van der Waals surface area contributed by atoms with Gasteiger partial charge in [0, 0.05) is 17.7 Å². The van der Waals surface area contributed by atoms with E-state index in [1.165, 1.54) is 13.0 Å². The number of hydrogen-bond donors (Lipinski definition) is 2. The fourth-order valence-corrected chi connectivity index (χ4v) is 3.56. The number of halogens is 1. The monoisotopic (exact) mass is 373 g/mol. The summed E-state index contributed by atoms with van der Waals surface area (Å²) in [6.07, 6.45) is 3.86. The van der Waals surface area contributed by atoms with E-state index in [-0.39, 0.29) is 21.9 Å². The van der Waals surface area contributed by atoms with Crippen LogP contribution >= 0.6 is 11.8 Å². The SMILES string of the molecule is CCC1(Oc2ccc(NC(=O)c3cc(C)c(F)nc3N)cc2)CC=CS1. The van der Waals surface area contributed by atoms with Gasteiger partial charge in [0.05, 0.1) is 5.56 Å². The normalized spacial score (nSPS) is 18.7. The zero-order valence-corrected chi connectivity index (χ0v) is 15.4. The van der Waals surface area contributed by atoms with Gasteiger partial charge < -0.3 is 15.8 Å². The highest BCUT2D eigenvalue weighted by Crippen LogP contribution is 2.41. The molecule has 1 aliphatic rings. The number of benzene rings is 1. The number of aryl methyl sites for hydroxylation is 1. The molecular formula is C19H20FN3O2S. The number of nitrogens with two attached hydrogens (primary N) is 1. The van der Waals surface area contributed by atoms with Gasteiger partial charge in [-0.15, -0.1) is 0 Å². The molecule has 1 aliphatic heterocycles. The molecule has 1 aromatic carbocycles. The van der Waals surface area contributed by atoms with Gasteiger partial charge in [-0.05, 0) is 49.1 Å². The highest BCUT2D eigenvalue weighted by atomic mass is 32.2. The van der Waals surface area contributed by atoms with E-state index in [0.717, 1.165) is 18.6 Å². The number of carbonyl (C=O) groups is 1. The van der Waals surface area contributed by atoms with E-state index in [9.17, 15) is 9.18 Å². The van der Waals surface area contributed by atoms with Crippen molar-refractivity contribution < 1.29 is 13.9 Å². The molecule has 3 N–H and O–H groups in total. The molecule has 7 heteroatoms. The zero-order valence-electron chi connectivity index (χ0n) is 14.6. The first-order valence-electron chi connectivity index (χ1n) is 8.28. The molecule has 0 radical (unpaired) electrons. The summed E-state index contributed by atoms with van der Waals surface area (Å²) < 4.78 is 19.5. The summed E-state index contributed by atoms with van der Waals surface area (Å²) in [5.41, 5.74) is 6.65. The lowest BCUT2D eigenvalue weighted by Gasteiger charge is -2.28. The molecule has 1 aromatic heterocycles. The van der Waals surface area contributed by atoms with Crippen LogP contribution in [0, 0.1) is 12.9 Å². The number of nitrogens with zero attached hydrogens (tertiary/aromatic N) is 1. The number of aromatic nitrogens is 1. The second-order valence-electron chi connectivity index (χ2n) is 6.07. The number of thioether (sulfide) groups is 1. The van der Waals surface area contributed by atoms with Gasteiger partial charge in [0.1, 0.15) is 11.6 Å². The van der Waals surface area contributed by atoms with E-state index in [1.807, 2.05) is 12.1 Å². The van der Waals surface area contributed by atoms with Crippen molar-refractivity contribution in [2.75, 3.05) is 11.1 Å². The van der Waals surface area contributed by atoms with Gasteiger partial charge in [0.25, 0.3) is 5.91 Å². The van der Waals surface area contributed by atoms with Crippen LogP contribution in [-0.4, -0.2) is 15.8 Å². The molecule has 0 fully saturated rings. The third-order valence-electron chi connectivity index (χ3n) is 4.19. The molecular weight excluding hydrogens is 353 g/mol. The molecule has 2 aromatic rings. The van der Waals surface area contributed by atoms with Gasteiger partial charge >= 0.3 is 0 Å². The van der Waals surface area contributed by atoms with Gasteiger partial charge in [-0.3, -0.25) is 4.79 Å². The van der Waals surface area contributed by atoms with E-state index in [1.54, 1.807) is 23.9 Å². The lowest BCUT2D eigenvalue weighted by molar-refractivity contribution is 0.102. The van der Waals surface area contributed by atoms with Crippen molar-refractivity contribution in [3.8, 4) is 5.75 Å². The van der Waals surface area contributed by atoms with Crippen molar-refractivity contribution in [2.24, 2.45) is 0 Å². The van der Waals surface area contributed by atoms with Crippen molar-refractivity contribution >= 4 is 29.2 Å². The molecule has 26 heavy (non-hydrogen) atoms. The maximum atomic E-state index is 13.4. The van der Waals surface area contributed by atoms with E-state index in [4.69, 9.17) is 10.5 Å². The smallest absolute Gasteiger partial charge is 0.259 e. The van der Waals surface area contributed by atoms with Gasteiger partial charge in [-0.2, -0.15) is 4.39 Å². The molecule has 136 valence electrons. The third-order valence-corrected chi connectivity index (χ3v) is 5.48. The minimum atomic E-state index is -0.676. The van der Waals surface area contributed by atoms with Crippen molar-refractivity contribution in [2.45, 2.75) is 31.6 Å². The molecule has 3 rings (SSSR count). The average Bonchev–Trinajstić information content (AvgIpc) is 3.09. The maximum absolute atomic E-state index is 13.4. The highest BCUT2D eigenvalue weighted by Gasteiger charge is 2.32. The Morgan fingerprint density at radius 3 is 2.77 bits per heavy atom. The minimum absolute atomic E-state index is 0.138. The standard InChI is InChI=1S/C19H20FN3O2S/c1-3-19(9-4-10-26-19)25-14-7-5-13(6-8-14)22-18(24)15-11-12(2)16(20)23-17(15)21/h4-8,10-11H,3,9H2,1-2H3,(H2,21,23)(H,22,24). The Morgan fingerprint density at radius 1 is 1.42 bits per heavy atom. The number of amides is 1. The first kappa shape index (κ1) is 18.3. The number of pyridine rings is 1. The number of rotatable bonds is 5. The number of carbonyl (C=O) groups excluding carboxylic acids is 1. The summed E-state index contributed by atoms with van der Waals surface area (Å²) in [5, 5.41) is 4.79. The van der Waals surface area contributed by atoms with Crippen molar-refractivity contribution in [1.82, 2.24) is 4.98 Å². The lowest BCUT2D eigenvalue weighted by atomic mass is 10.1. The molecule has 1 atom stereocenters. The fourth-order valence-electron chi connectivity index (χ4n) is 2.62. The van der Waals surface area contributed by atoms with Crippen molar-refractivity contribution in [1.29, 1.82) is 0 Å². The summed E-state index contributed by atoms with van der Waals surface area (Å²) in [7, 11) is 0. The van der Waals surface area contributed by atoms with E-state index < -0.39 is 11.9 Å². The number of ether oxygens (including phenoxy) is 1. The van der Waals surface area contributed by atoms with Crippen LogP contribution in [0.1, 0.15) is 35.7 Å². The number of nitrogens with one attached hydrogen (secondary N) is 1. The van der Waals surface area contributed by atoms with E-state index in [0.29, 0.717) is 5.69 Å². The Balaban J connectivity index is 1.69. The van der Waals surface area contributed by atoms with E-state index in [2.05, 4.69) is 28.7 Å². The lowest BCUT2D eigenvalue weighted by Crippen LogP contribution is -2.28. The molecule has 5 nitrogen and oxygen atoms in total. The second-order valence-corrected chi connectivity index (χ2v) is 7.32. The molecule has 0 aliphatic carbocycles. The molecule has 1 amide bonds. The summed E-state index contributed by atoms with van der Waals surface area (Å²) in [6, 6.07) is 8.51. The number of hydrogen-bond acceptors (Lipinski definition) is 5. The predicted octanol–water partition coefficient (Wildman–Crippen LogP) is 4.50. The number of anilines is 2. The van der Waals surface area contributed by atoms with Gasteiger partial charge in [0.15, 0.2) is 4.93 Å². The Morgan fingerprint density at radius 2 is 2.15 bits per heavy atom. The van der Waals surface area contributed by atoms with Crippen LogP contribution in [0.2, 0.25) is 0 Å². The Hall–Kier alpha value is -2.54. The van der Waals surface area contributed by atoms with Gasteiger partial charge in [-0.25, -0.2) is 4.98 Å². The molecule has 0 saturated heterocycles. The van der Waals surface area contributed by atoms with Crippen LogP contribution in [0.5, 0.6) is 5.75 Å². The first-order valence-corrected chi connectivity index (χ1v) is 9.16. The molecule has 0 saturated carbocycles. The van der Waals surface area contributed by atoms with Crippen LogP contribution in [0.3, 0.4) is 0 Å². The molecule has 0 spiro atoms. The molecule has 2 heterocycles. The number of nitrogen functional groups attached to an aromatic ring is 1. The third kappa shape index (κ3) is 3.83. The topological polar surface area (TPSA) is 77.2 Å². The quantitative estimate of drug-likeness (QED) is 0.755. The summed E-state index contributed by atoms with van der Waals surface area (Å²) >= 11 is 1.68. The first-order chi connectivity index (χ1) is 12.4. The van der Waals surface area contributed by atoms with Crippen LogP contribution in [0.15, 0.2) is 41.8 Å².